The summed E-state index contributed by atoms with van der Waals surface area (Å²) in [6.45, 7) is 0.657. The molecule has 0 spiro atoms. The molecule has 31 heavy (non-hydrogen) atoms. The Kier molecular flexibility index (Phi) is 14.0. The molecule has 174 valence electrons. The molecule has 1 aromatic carbocycles. The summed E-state index contributed by atoms with van der Waals surface area (Å²) in [4.78, 5) is 35.5. The number of carbonyl (C=O) groups is 3. The molecule has 0 saturated carbocycles. The largest absolute Gasteiger partial charge is 0.481 e. The highest BCUT2D eigenvalue weighted by Gasteiger charge is 2.22. The highest BCUT2D eigenvalue weighted by Crippen LogP contribution is 2.13. The van der Waals surface area contributed by atoms with Gasteiger partial charge in [0.25, 0.3) is 0 Å². The molecule has 1 aromatic rings. The lowest BCUT2D eigenvalue weighted by Crippen LogP contribution is -2.42. The molecule has 1 rings (SSSR count). The number of hydrogen-bond donors (Lipinski definition) is 8. The first kappa shape index (κ1) is 27.8. The van der Waals surface area contributed by atoms with Gasteiger partial charge >= 0.3 is 17.9 Å². The number of carboxylic acid groups (broad SMARTS) is 3. The Balaban J connectivity index is 0.000000649. The zero-order valence-corrected chi connectivity index (χ0v) is 17.2. The monoisotopic (exact) mass is 440 g/mol. The summed E-state index contributed by atoms with van der Waals surface area (Å²) < 4.78 is 0. The smallest absolute Gasteiger partial charge is 0.320 e. The van der Waals surface area contributed by atoms with Crippen molar-refractivity contribution in [3.8, 4) is 0 Å². The van der Waals surface area contributed by atoms with E-state index in [2.05, 4.69) is 10.3 Å². The van der Waals surface area contributed by atoms with E-state index in [1.807, 2.05) is 30.3 Å². The summed E-state index contributed by atoms with van der Waals surface area (Å²) in [5.74, 6) is -3.08. The van der Waals surface area contributed by atoms with Gasteiger partial charge < -0.3 is 38.3 Å². The number of nitrogens with two attached hydrogens (primary N) is 4. The first-order chi connectivity index (χ1) is 14.6. The van der Waals surface area contributed by atoms with Gasteiger partial charge in [-0.05, 0) is 24.8 Å². The minimum atomic E-state index is -1.07. The van der Waals surface area contributed by atoms with Gasteiger partial charge in [-0.25, -0.2) is 0 Å². The van der Waals surface area contributed by atoms with Crippen molar-refractivity contribution in [3.05, 3.63) is 35.9 Å². The quantitative estimate of drug-likeness (QED) is 0.105. The zero-order chi connectivity index (χ0) is 23.8. The molecule has 0 aliphatic rings. The van der Waals surface area contributed by atoms with E-state index in [9.17, 15) is 14.4 Å². The molecule has 3 atom stereocenters. The molecule has 0 saturated heterocycles. The van der Waals surface area contributed by atoms with Crippen LogP contribution in [-0.4, -0.2) is 64.4 Å². The maximum absolute atomic E-state index is 11.1. The number of rotatable bonds is 13. The van der Waals surface area contributed by atoms with Crippen LogP contribution in [0.5, 0.6) is 0 Å². The Labute approximate surface area is 180 Å². The maximum atomic E-state index is 11.1. The van der Waals surface area contributed by atoms with Gasteiger partial charge in [0.05, 0.1) is 0 Å². The van der Waals surface area contributed by atoms with Gasteiger partial charge in [-0.15, -0.1) is 0 Å². The molecule has 0 fully saturated rings. The van der Waals surface area contributed by atoms with Crippen LogP contribution in [0.1, 0.15) is 37.3 Å². The van der Waals surface area contributed by atoms with Gasteiger partial charge in [-0.1, -0.05) is 30.3 Å². The second kappa shape index (κ2) is 15.6. The highest BCUT2D eigenvalue weighted by molar-refractivity contribution is 5.76. The number of guanidine groups is 1. The van der Waals surface area contributed by atoms with Crippen LogP contribution in [0.2, 0.25) is 0 Å². The van der Waals surface area contributed by atoms with Gasteiger partial charge in [-0.3, -0.25) is 24.7 Å². The van der Waals surface area contributed by atoms with Crippen molar-refractivity contribution in [1.29, 1.82) is 0 Å². The normalized spacial score (nSPS) is 13.1. The van der Waals surface area contributed by atoms with Crippen LogP contribution in [-0.2, 0) is 14.4 Å². The van der Waals surface area contributed by atoms with Gasteiger partial charge in [0.15, 0.2) is 5.96 Å². The first-order valence-electron chi connectivity index (χ1n) is 9.57. The van der Waals surface area contributed by atoms with Crippen molar-refractivity contribution in [2.45, 2.75) is 43.8 Å². The number of aliphatic imine (C=N–C) groups is 1. The molecule has 0 bridgehead atoms. The zero-order valence-electron chi connectivity index (χ0n) is 17.2. The second-order valence-electron chi connectivity index (χ2n) is 6.58. The van der Waals surface area contributed by atoms with E-state index in [0.717, 1.165) is 5.56 Å². The van der Waals surface area contributed by atoms with Crippen LogP contribution >= 0.6 is 0 Å². The third-order valence-electron chi connectivity index (χ3n) is 4.07. The standard InChI is InChI=1S/C13H18N2O4.C6H14N4O2/c14-8-11(9-4-2-1-3-5-9)15-10(13(18)19)6-7-12(16)17;7-4(5(11)12)2-1-3-10-6(8)9/h1-5,10-11,15H,6-8,14H2,(H,16,17)(H,18,19);4H,1-3,7H2,(H,11,12)(H4,8,9,10)/t10-,11?;4-/m11/s1. The van der Waals surface area contributed by atoms with Crippen LogP contribution < -0.4 is 28.3 Å². The summed E-state index contributed by atoms with van der Waals surface area (Å²) in [6, 6.07) is 7.18. The van der Waals surface area contributed by atoms with E-state index < -0.39 is 30.0 Å². The fraction of sp³-hybridized carbons (Fsp3) is 0.474. The number of aliphatic carboxylic acids is 3. The lowest BCUT2D eigenvalue weighted by molar-refractivity contribution is -0.141. The molecular weight excluding hydrogens is 408 g/mol. The average Bonchev–Trinajstić information content (AvgIpc) is 2.71. The van der Waals surface area contributed by atoms with Crippen LogP contribution in [0.4, 0.5) is 0 Å². The summed E-state index contributed by atoms with van der Waals surface area (Å²) in [5.41, 5.74) is 21.8. The van der Waals surface area contributed by atoms with Crippen molar-refractivity contribution in [2.24, 2.45) is 27.9 Å². The molecule has 0 heterocycles. The average molecular weight is 441 g/mol. The van der Waals surface area contributed by atoms with Crippen molar-refractivity contribution in [3.63, 3.8) is 0 Å². The Bertz CT molecular complexity index is 711. The first-order valence-corrected chi connectivity index (χ1v) is 9.57. The molecular formula is C19H32N6O6. The molecule has 1 unspecified atom stereocenters. The molecule has 12 N–H and O–H groups in total. The second-order valence-corrected chi connectivity index (χ2v) is 6.58. The Morgan fingerprint density at radius 3 is 2.06 bits per heavy atom. The summed E-state index contributed by atoms with van der Waals surface area (Å²) >= 11 is 0. The van der Waals surface area contributed by atoms with E-state index in [0.29, 0.717) is 19.4 Å². The maximum Gasteiger partial charge on any atom is 0.320 e. The molecule has 12 nitrogen and oxygen atoms in total. The topological polar surface area (TPSA) is 240 Å². The predicted octanol–water partition coefficient (Wildman–Crippen LogP) is -0.954. The molecule has 0 radical (unpaired) electrons. The number of nitrogens with one attached hydrogen (secondary N) is 1. The predicted molar refractivity (Wildman–Crippen MR) is 115 cm³/mol. The summed E-state index contributed by atoms with van der Waals surface area (Å²) in [7, 11) is 0. The van der Waals surface area contributed by atoms with Crippen molar-refractivity contribution >= 4 is 23.9 Å². The SMILES string of the molecule is NC(N)=NCCC[C@@H](N)C(=O)O.NCC(N[C@H](CCC(=O)O)C(=O)O)c1ccccc1. The molecule has 0 aromatic heterocycles. The van der Waals surface area contributed by atoms with Gasteiger partial charge in [-0.2, -0.15) is 0 Å². The fourth-order valence-corrected chi connectivity index (χ4v) is 2.42. The molecule has 0 aliphatic carbocycles. The number of nitrogens with zero attached hydrogens (tertiary/aromatic N) is 1. The number of hydrogen-bond acceptors (Lipinski definition) is 7. The van der Waals surface area contributed by atoms with Crippen molar-refractivity contribution < 1.29 is 29.7 Å². The van der Waals surface area contributed by atoms with Crippen molar-refractivity contribution in [2.75, 3.05) is 13.1 Å². The Hall–Kier alpha value is -3.22. The third kappa shape index (κ3) is 13.6. The summed E-state index contributed by atoms with van der Waals surface area (Å²) in [6.07, 6.45) is 0.779. The number of carboxylic acids is 3. The van der Waals surface area contributed by atoms with Crippen LogP contribution in [0.3, 0.4) is 0 Å². The van der Waals surface area contributed by atoms with Crippen LogP contribution in [0.25, 0.3) is 0 Å². The Morgan fingerprint density at radius 2 is 1.61 bits per heavy atom. The highest BCUT2D eigenvalue weighted by atomic mass is 16.4. The minimum Gasteiger partial charge on any atom is -0.481 e. The van der Waals surface area contributed by atoms with E-state index in [-0.39, 0.29) is 31.4 Å². The van der Waals surface area contributed by atoms with E-state index >= 15 is 0 Å². The minimum absolute atomic E-state index is 0.0129. The molecule has 0 aliphatic heterocycles. The Morgan fingerprint density at radius 1 is 1.00 bits per heavy atom. The molecule has 0 amide bonds. The third-order valence-corrected chi connectivity index (χ3v) is 4.07. The van der Waals surface area contributed by atoms with E-state index in [4.69, 9.17) is 38.3 Å². The van der Waals surface area contributed by atoms with Gasteiger partial charge in [0.2, 0.25) is 0 Å². The summed E-state index contributed by atoms with van der Waals surface area (Å²) in [5, 5.41) is 29.0. The van der Waals surface area contributed by atoms with E-state index in [1.165, 1.54) is 0 Å². The van der Waals surface area contributed by atoms with Crippen LogP contribution in [0, 0.1) is 0 Å². The molecule has 12 heteroatoms. The number of benzene rings is 1. The van der Waals surface area contributed by atoms with Gasteiger partial charge in [0, 0.05) is 25.6 Å². The van der Waals surface area contributed by atoms with Crippen LogP contribution in [0.15, 0.2) is 35.3 Å². The lowest BCUT2D eigenvalue weighted by Gasteiger charge is -2.22. The fourth-order valence-electron chi connectivity index (χ4n) is 2.42. The van der Waals surface area contributed by atoms with Crippen molar-refractivity contribution in [1.82, 2.24) is 5.32 Å². The lowest BCUT2D eigenvalue weighted by atomic mass is 10.0. The van der Waals surface area contributed by atoms with E-state index in [1.54, 1.807) is 0 Å². The van der Waals surface area contributed by atoms with Gasteiger partial charge in [0.1, 0.15) is 12.1 Å².